The second-order valence-electron chi connectivity index (χ2n) is 5.25. The smallest absolute Gasteiger partial charge is 0.267 e. The van der Waals surface area contributed by atoms with Crippen LogP contribution in [0.5, 0.6) is 5.75 Å². The van der Waals surface area contributed by atoms with E-state index in [0.29, 0.717) is 15.7 Å². The Hall–Kier alpha value is -2.38. The van der Waals surface area contributed by atoms with Crippen molar-refractivity contribution >= 4 is 49.7 Å². The zero-order chi connectivity index (χ0) is 17.8. The van der Waals surface area contributed by atoms with Crippen LogP contribution in [0, 0.1) is 6.92 Å². The molecule has 0 spiro atoms. The first-order chi connectivity index (χ1) is 12.0. The van der Waals surface area contributed by atoms with Gasteiger partial charge in [-0.3, -0.25) is 4.79 Å². The number of aryl methyl sites for hydroxylation is 1. The van der Waals surface area contributed by atoms with Crippen molar-refractivity contribution in [3.05, 3.63) is 63.6 Å². The molecule has 1 heterocycles. The van der Waals surface area contributed by atoms with Crippen LogP contribution in [0.2, 0.25) is 0 Å². The fraction of sp³-hybridized carbons (Fsp3) is 0.111. The Kier molecular flexibility index (Phi) is 5.35. The van der Waals surface area contributed by atoms with E-state index in [-0.39, 0.29) is 5.91 Å². The van der Waals surface area contributed by atoms with E-state index in [9.17, 15) is 4.79 Å². The standard InChI is InChI=1S/C18H16BrN3O2S/c1-11-16(17(23)21-13-6-3-5-12(19)9-13)25-18(20-11)22-14-7-4-8-15(10-14)24-2/h3-10H,1-2H3,(H,20,22)(H,21,23). The quantitative estimate of drug-likeness (QED) is 0.597. The van der Waals surface area contributed by atoms with Gasteiger partial charge in [0.2, 0.25) is 0 Å². The van der Waals surface area contributed by atoms with Crippen LogP contribution < -0.4 is 15.4 Å². The van der Waals surface area contributed by atoms with Crippen LogP contribution in [0.4, 0.5) is 16.5 Å². The molecule has 1 amide bonds. The van der Waals surface area contributed by atoms with Crippen LogP contribution >= 0.6 is 27.3 Å². The molecule has 2 aromatic carbocycles. The highest BCUT2D eigenvalue weighted by Gasteiger charge is 2.16. The van der Waals surface area contributed by atoms with Gasteiger partial charge in [-0.2, -0.15) is 0 Å². The van der Waals surface area contributed by atoms with Crippen molar-refractivity contribution < 1.29 is 9.53 Å². The number of aromatic nitrogens is 1. The molecule has 0 aliphatic rings. The van der Waals surface area contributed by atoms with Crippen LogP contribution in [-0.2, 0) is 0 Å². The summed E-state index contributed by atoms with van der Waals surface area (Å²) in [6.45, 7) is 1.82. The lowest BCUT2D eigenvalue weighted by Gasteiger charge is -2.05. The largest absolute Gasteiger partial charge is 0.497 e. The summed E-state index contributed by atoms with van der Waals surface area (Å²) in [5.41, 5.74) is 2.27. The molecule has 0 bridgehead atoms. The first-order valence-electron chi connectivity index (χ1n) is 7.50. The first-order valence-corrected chi connectivity index (χ1v) is 9.11. The molecule has 0 radical (unpaired) electrons. The van der Waals surface area contributed by atoms with Crippen LogP contribution in [0.1, 0.15) is 15.4 Å². The summed E-state index contributed by atoms with van der Waals surface area (Å²) in [5.74, 6) is 0.581. The van der Waals surface area contributed by atoms with Gasteiger partial charge in [0.25, 0.3) is 5.91 Å². The monoisotopic (exact) mass is 417 g/mol. The van der Waals surface area contributed by atoms with Gasteiger partial charge < -0.3 is 15.4 Å². The molecular formula is C18H16BrN3O2S. The van der Waals surface area contributed by atoms with Crippen LogP contribution in [0.3, 0.4) is 0 Å². The average molecular weight is 418 g/mol. The van der Waals surface area contributed by atoms with Gasteiger partial charge in [0.15, 0.2) is 5.13 Å². The van der Waals surface area contributed by atoms with E-state index < -0.39 is 0 Å². The highest BCUT2D eigenvalue weighted by molar-refractivity contribution is 9.10. The highest BCUT2D eigenvalue weighted by atomic mass is 79.9. The predicted octanol–water partition coefficient (Wildman–Crippen LogP) is 5.22. The topological polar surface area (TPSA) is 63.2 Å². The Morgan fingerprint density at radius 1 is 1.16 bits per heavy atom. The number of benzene rings is 2. The number of ether oxygens (including phenoxy) is 1. The average Bonchev–Trinajstić information content (AvgIpc) is 2.95. The molecule has 128 valence electrons. The summed E-state index contributed by atoms with van der Waals surface area (Å²) in [6, 6.07) is 15.0. The number of carbonyl (C=O) groups is 1. The van der Waals surface area contributed by atoms with Crippen LogP contribution in [-0.4, -0.2) is 18.0 Å². The number of amides is 1. The van der Waals surface area contributed by atoms with Crippen molar-refractivity contribution in [1.29, 1.82) is 0 Å². The van der Waals surface area contributed by atoms with Crippen LogP contribution in [0.15, 0.2) is 53.0 Å². The molecule has 25 heavy (non-hydrogen) atoms. The van der Waals surface area contributed by atoms with E-state index in [1.54, 1.807) is 7.11 Å². The molecule has 5 nitrogen and oxygen atoms in total. The fourth-order valence-corrected chi connectivity index (χ4v) is 3.52. The molecule has 0 fully saturated rings. The minimum Gasteiger partial charge on any atom is -0.497 e. The molecule has 3 rings (SSSR count). The van der Waals surface area contributed by atoms with Gasteiger partial charge in [-0.25, -0.2) is 4.98 Å². The van der Waals surface area contributed by atoms with Gasteiger partial charge in [0.05, 0.1) is 12.8 Å². The summed E-state index contributed by atoms with van der Waals surface area (Å²) in [4.78, 5) is 17.5. The third-order valence-electron chi connectivity index (χ3n) is 3.41. The molecule has 0 aliphatic carbocycles. The van der Waals surface area contributed by atoms with Crippen molar-refractivity contribution in [2.75, 3.05) is 17.7 Å². The number of carbonyl (C=O) groups excluding carboxylic acids is 1. The van der Waals surface area contributed by atoms with Gasteiger partial charge in [0, 0.05) is 21.9 Å². The number of thiazole rings is 1. The molecule has 1 aromatic heterocycles. The Morgan fingerprint density at radius 2 is 1.92 bits per heavy atom. The molecule has 7 heteroatoms. The number of nitrogens with zero attached hydrogens (tertiary/aromatic N) is 1. The summed E-state index contributed by atoms with van der Waals surface area (Å²) in [6.07, 6.45) is 0. The SMILES string of the molecule is COc1cccc(Nc2nc(C)c(C(=O)Nc3cccc(Br)c3)s2)c1. The van der Waals surface area contributed by atoms with Gasteiger partial charge in [-0.1, -0.05) is 39.4 Å². The van der Waals surface area contributed by atoms with E-state index in [1.807, 2.05) is 55.5 Å². The molecule has 0 atom stereocenters. The third kappa shape index (κ3) is 4.37. The molecule has 0 saturated carbocycles. The Morgan fingerprint density at radius 3 is 2.68 bits per heavy atom. The number of hydrogen-bond donors (Lipinski definition) is 2. The maximum absolute atomic E-state index is 12.5. The van der Waals surface area contributed by atoms with Crippen molar-refractivity contribution in [3.8, 4) is 5.75 Å². The number of methoxy groups -OCH3 is 1. The minimum absolute atomic E-state index is 0.174. The lowest BCUT2D eigenvalue weighted by Crippen LogP contribution is -2.11. The Bertz CT molecular complexity index is 911. The van der Waals surface area contributed by atoms with Crippen molar-refractivity contribution in [1.82, 2.24) is 4.98 Å². The second-order valence-corrected chi connectivity index (χ2v) is 7.17. The normalized spacial score (nSPS) is 10.4. The van der Waals surface area contributed by atoms with E-state index in [1.165, 1.54) is 11.3 Å². The van der Waals surface area contributed by atoms with Crippen LogP contribution in [0.25, 0.3) is 0 Å². The summed E-state index contributed by atoms with van der Waals surface area (Å²) < 4.78 is 6.12. The molecule has 3 aromatic rings. The highest BCUT2D eigenvalue weighted by Crippen LogP contribution is 2.28. The Labute approximate surface area is 158 Å². The molecule has 0 unspecified atom stereocenters. The minimum atomic E-state index is -0.174. The number of rotatable bonds is 5. The Balaban J connectivity index is 1.76. The zero-order valence-corrected chi connectivity index (χ0v) is 16.1. The second kappa shape index (κ2) is 7.67. The van der Waals surface area contributed by atoms with E-state index >= 15 is 0 Å². The number of nitrogens with one attached hydrogen (secondary N) is 2. The predicted molar refractivity (Wildman–Crippen MR) is 105 cm³/mol. The number of anilines is 3. The summed E-state index contributed by atoms with van der Waals surface area (Å²) >= 11 is 4.71. The maximum Gasteiger partial charge on any atom is 0.267 e. The lowest BCUT2D eigenvalue weighted by atomic mass is 10.3. The number of hydrogen-bond acceptors (Lipinski definition) is 5. The third-order valence-corrected chi connectivity index (χ3v) is 4.97. The lowest BCUT2D eigenvalue weighted by molar-refractivity contribution is 0.103. The van der Waals surface area contributed by atoms with E-state index in [4.69, 9.17) is 4.74 Å². The van der Waals surface area contributed by atoms with Crippen molar-refractivity contribution in [2.24, 2.45) is 0 Å². The van der Waals surface area contributed by atoms with Gasteiger partial charge >= 0.3 is 0 Å². The van der Waals surface area contributed by atoms with E-state index in [2.05, 4.69) is 31.5 Å². The fourth-order valence-electron chi connectivity index (χ4n) is 2.24. The van der Waals surface area contributed by atoms with Gasteiger partial charge in [-0.15, -0.1) is 0 Å². The summed E-state index contributed by atoms with van der Waals surface area (Å²) in [7, 11) is 1.62. The molecule has 0 saturated heterocycles. The number of halogens is 1. The van der Waals surface area contributed by atoms with Crippen molar-refractivity contribution in [2.45, 2.75) is 6.92 Å². The zero-order valence-electron chi connectivity index (χ0n) is 13.7. The van der Waals surface area contributed by atoms with Gasteiger partial charge in [-0.05, 0) is 37.3 Å². The van der Waals surface area contributed by atoms with Crippen molar-refractivity contribution in [3.63, 3.8) is 0 Å². The molecule has 0 aliphatic heterocycles. The molecule has 2 N–H and O–H groups in total. The van der Waals surface area contributed by atoms with Gasteiger partial charge in [0.1, 0.15) is 10.6 Å². The maximum atomic E-state index is 12.5. The van der Waals surface area contributed by atoms with E-state index in [0.717, 1.165) is 21.6 Å². The summed E-state index contributed by atoms with van der Waals surface area (Å²) in [5, 5.41) is 6.75. The first kappa shape index (κ1) is 17.4. The molecular weight excluding hydrogens is 402 g/mol.